The molecule has 1 atom stereocenters. The van der Waals surface area contributed by atoms with Gasteiger partial charge in [-0.05, 0) is 48.3 Å². The van der Waals surface area contributed by atoms with Gasteiger partial charge in [0.15, 0.2) is 13.9 Å². The standard InChI is InChI=1S/C19H39NO2Si2/c1-16(2)19(15-20,22-24(11,12)18(6,7)8)13-14-21-23(9,10)17(3,4)5/h13-14,16H,1-12H3/b14-13-/t19-/m0/s1. The highest BCUT2D eigenvalue weighted by Gasteiger charge is 2.46. The first-order chi connectivity index (χ1) is 10.4. The van der Waals surface area contributed by atoms with Gasteiger partial charge in [-0.2, -0.15) is 5.26 Å². The third-order valence-corrected chi connectivity index (χ3v) is 14.5. The van der Waals surface area contributed by atoms with Crippen LogP contribution in [0, 0.1) is 17.2 Å². The smallest absolute Gasteiger partial charge is 0.249 e. The molecule has 3 nitrogen and oxygen atoms in total. The van der Waals surface area contributed by atoms with Crippen LogP contribution in [-0.4, -0.2) is 22.2 Å². The molecule has 0 radical (unpaired) electrons. The van der Waals surface area contributed by atoms with Gasteiger partial charge >= 0.3 is 0 Å². The van der Waals surface area contributed by atoms with Crippen LogP contribution in [0.3, 0.4) is 0 Å². The molecule has 5 heteroatoms. The van der Waals surface area contributed by atoms with Crippen LogP contribution in [0.1, 0.15) is 55.4 Å². The minimum atomic E-state index is -2.07. The summed E-state index contributed by atoms with van der Waals surface area (Å²) in [7, 11) is -3.96. The Hall–Kier alpha value is -0.576. The van der Waals surface area contributed by atoms with Crippen molar-refractivity contribution < 1.29 is 8.85 Å². The summed E-state index contributed by atoms with van der Waals surface area (Å²) < 4.78 is 12.7. The molecule has 0 aromatic heterocycles. The van der Waals surface area contributed by atoms with Crippen LogP contribution in [0.4, 0.5) is 0 Å². The molecule has 0 N–H and O–H groups in total. The van der Waals surface area contributed by atoms with Crippen LogP contribution in [0.2, 0.25) is 36.3 Å². The first-order valence-corrected chi connectivity index (χ1v) is 14.7. The predicted octanol–water partition coefficient (Wildman–Crippen LogP) is 6.46. The van der Waals surface area contributed by atoms with Crippen molar-refractivity contribution in [3.8, 4) is 6.07 Å². The van der Waals surface area contributed by atoms with E-state index in [9.17, 15) is 5.26 Å². The van der Waals surface area contributed by atoms with Crippen molar-refractivity contribution in [1.29, 1.82) is 5.26 Å². The molecule has 0 aliphatic rings. The second-order valence-corrected chi connectivity index (χ2v) is 19.6. The van der Waals surface area contributed by atoms with E-state index in [0.29, 0.717) is 0 Å². The summed E-state index contributed by atoms with van der Waals surface area (Å²) in [4.78, 5) is 0. The second kappa shape index (κ2) is 7.35. The molecule has 0 spiro atoms. The molecule has 0 saturated carbocycles. The molecule has 0 aromatic rings. The van der Waals surface area contributed by atoms with Gasteiger partial charge in [-0.25, -0.2) is 0 Å². The molecule has 0 unspecified atom stereocenters. The topological polar surface area (TPSA) is 42.2 Å². The van der Waals surface area contributed by atoms with E-state index in [1.54, 1.807) is 6.26 Å². The van der Waals surface area contributed by atoms with Gasteiger partial charge in [0.1, 0.15) is 6.07 Å². The molecule has 0 saturated heterocycles. The Morgan fingerprint density at radius 2 is 1.29 bits per heavy atom. The van der Waals surface area contributed by atoms with Crippen LogP contribution in [0.15, 0.2) is 12.3 Å². The minimum Gasteiger partial charge on any atom is -0.549 e. The van der Waals surface area contributed by atoms with E-state index >= 15 is 0 Å². The van der Waals surface area contributed by atoms with Crippen LogP contribution in [-0.2, 0) is 8.85 Å². The Bertz CT molecular complexity index is 491. The van der Waals surface area contributed by atoms with Gasteiger partial charge in [0.25, 0.3) is 0 Å². The summed E-state index contributed by atoms with van der Waals surface area (Å²) in [6.07, 6.45) is 3.58. The first kappa shape index (κ1) is 23.4. The van der Waals surface area contributed by atoms with E-state index in [4.69, 9.17) is 8.85 Å². The van der Waals surface area contributed by atoms with Gasteiger partial charge in [-0.15, -0.1) is 0 Å². The maximum absolute atomic E-state index is 9.92. The number of nitriles is 1. The molecule has 0 heterocycles. The molecule has 0 aliphatic carbocycles. The van der Waals surface area contributed by atoms with Crippen molar-refractivity contribution in [2.75, 3.05) is 0 Å². The highest BCUT2D eigenvalue weighted by molar-refractivity contribution is 6.74. The van der Waals surface area contributed by atoms with Crippen molar-refractivity contribution in [1.82, 2.24) is 0 Å². The molecule has 0 fully saturated rings. The van der Waals surface area contributed by atoms with Gasteiger partial charge in [0, 0.05) is 0 Å². The van der Waals surface area contributed by atoms with E-state index in [-0.39, 0.29) is 16.0 Å². The van der Waals surface area contributed by atoms with Crippen LogP contribution < -0.4 is 0 Å². The molecule has 0 amide bonds. The lowest BCUT2D eigenvalue weighted by molar-refractivity contribution is 0.108. The van der Waals surface area contributed by atoms with Gasteiger partial charge in [-0.1, -0.05) is 55.4 Å². The third-order valence-electron chi connectivity index (χ3n) is 5.75. The van der Waals surface area contributed by atoms with E-state index in [1.807, 2.05) is 19.9 Å². The number of hydrogen-bond acceptors (Lipinski definition) is 3. The lowest BCUT2D eigenvalue weighted by Crippen LogP contribution is -2.50. The van der Waals surface area contributed by atoms with Crippen molar-refractivity contribution >= 4 is 16.6 Å². The number of rotatable bonds is 6. The first-order valence-electron chi connectivity index (χ1n) is 8.89. The SMILES string of the molecule is CC(C)[C@@](C#N)(/C=C\O[Si](C)(C)C(C)(C)C)O[Si](C)(C)C(C)(C)C. The highest BCUT2D eigenvalue weighted by atomic mass is 28.4. The predicted molar refractivity (Wildman–Crippen MR) is 109 cm³/mol. The zero-order valence-corrected chi connectivity index (χ0v) is 20.0. The van der Waals surface area contributed by atoms with Gasteiger partial charge in [0.2, 0.25) is 8.32 Å². The van der Waals surface area contributed by atoms with E-state index < -0.39 is 22.2 Å². The Morgan fingerprint density at radius 3 is 1.58 bits per heavy atom. The molecular formula is C19H39NO2Si2. The molecular weight excluding hydrogens is 330 g/mol. The van der Waals surface area contributed by atoms with Crippen molar-refractivity contribution in [2.45, 2.75) is 97.3 Å². The third kappa shape index (κ3) is 5.47. The summed E-state index contributed by atoms with van der Waals surface area (Å²) in [5.41, 5.74) is -0.939. The summed E-state index contributed by atoms with van der Waals surface area (Å²) in [6, 6.07) is 2.43. The minimum absolute atomic E-state index is 0.0518. The van der Waals surface area contributed by atoms with Crippen molar-refractivity contribution in [3.63, 3.8) is 0 Å². The van der Waals surface area contributed by atoms with Crippen LogP contribution >= 0.6 is 0 Å². The maximum atomic E-state index is 9.92. The normalized spacial score (nSPS) is 17.0. The average Bonchev–Trinajstić information content (AvgIpc) is 2.33. The van der Waals surface area contributed by atoms with E-state index in [2.05, 4.69) is 73.8 Å². The average molecular weight is 370 g/mol. The van der Waals surface area contributed by atoms with E-state index in [1.165, 1.54) is 0 Å². The fraction of sp³-hybridized carbons (Fsp3) is 0.842. The number of nitrogens with zero attached hydrogens (tertiary/aromatic N) is 1. The summed E-state index contributed by atoms with van der Waals surface area (Å²) in [6.45, 7) is 26.0. The van der Waals surface area contributed by atoms with Crippen molar-refractivity contribution in [3.05, 3.63) is 12.3 Å². The summed E-state index contributed by atoms with van der Waals surface area (Å²) in [5.74, 6) is 0.0518. The molecule has 0 bridgehead atoms. The lowest BCUT2D eigenvalue weighted by atomic mass is 9.92. The highest BCUT2D eigenvalue weighted by Crippen LogP contribution is 2.41. The molecule has 0 rings (SSSR count). The zero-order chi connectivity index (χ0) is 19.6. The fourth-order valence-corrected chi connectivity index (χ4v) is 3.85. The van der Waals surface area contributed by atoms with Gasteiger partial charge < -0.3 is 8.85 Å². The molecule has 24 heavy (non-hydrogen) atoms. The molecule has 0 aromatic carbocycles. The fourth-order valence-electron chi connectivity index (χ4n) is 1.59. The second-order valence-electron chi connectivity index (χ2n) is 10.1. The Morgan fingerprint density at radius 1 is 0.875 bits per heavy atom. The maximum Gasteiger partial charge on any atom is 0.249 e. The quantitative estimate of drug-likeness (QED) is 0.398. The van der Waals surface area contributed by atoms with Crippen LogP contribution in [0.25, 0.3) is 0 Å². The summed E-state index contributed by atoms with van der Waals surface area (Å²) >= 11 is 0. The number of hydrogen-bond donors (Lipinski definition) is 0. The Balaban J connectivity index is 5.60. The van der Waals surface area contributed by atoms with Gasteiger partial charge in [0.05, 0.1) is 6.26 Å². The zero-order valence-electron chi connectivity index (χ0n) is 18.0. The van der Waals surface area contributed by atoms with E-state index in [0.717, 1.165) is 0 Å². The van der Waals surface area contributed by atoms with Crippen LogP contribution in [0.5, 0.6) is 0 Å². The monoisotopic (exact) mass is 369 g/mol. The molecule has 140 valence electrons. The Kier molecular flexibility index (Phi) is 7.17. The van der Waals surface area contributed by atoms with Gasteiger partial charge in [-0.3, -0.25) is 0 Å². The lowest BCUT2D eigenvalue weighted by Gasteiger charge is -2.43. The van der Waals surface area contributed by atoms with Crippen molar-refractivity contribution in [2.24, 2.45) is 5.92 Å². The summed E-state index contributed by atoms with van der Waals surface area (Å²) in [5, 5.41) is 10.1. The molecule has 0 aliphatic heterocycles. The largest absolute Gasteiger partial charge is 0.549 e. The Labute approximate surface area is 152 Å².